The molecule has 0 aromatic carbocycles. The lowest BCUT2D eigenvalue weighted by atomic mass is 9.46. The Hall–Kier alpha value is -0.970. The second kappa shape index (κ2) is 6.02. The van der Waals surface area contributed by atoms with Gasteiger partial charge in [-0.05, 0) is 66.9 Å². The van der Waals surface area contributed by atoms with Crippen molar-refractivity contribution in [3.05, 3.63) is 23.8 Å². The first-order valence-electron chi connectivity index (χ1n) is 10.1. The topological polar surface area (TPSA) is 77.8 Å². The summed E-state index contributed by atoms with van der Waals surface area (Å²) < 4.78 is 0. The number of hydrogen-bond acceptors (Lipinski definition) is 4. The van der Waals surface area contributed by atoms with Crippen molar-refractivity contribution >= 4 is 5.78 Å². The molecule has 3 fully saturated rings. The third-order valence-corrected chi connectivity index (χ3v) is 8.52. The maximum Gasteiger partial charge on any atom is 0.178 e. The van der Waals surface area contributed by atoms with Crippen LogP contribution in [0.25, 0.3) is 0 Å². The van der Waals surface area contributed by atoms with Crippen molar-refractivity contribution in [2.24, 2.45) is 40.4 Å². The molecule has 4 heteroatoms. The van der Waals surface area contributed by atoms with E-state index < -0.39 is 6.10 Å². The Labute approximate surface area is 156 Å². The van der Waals surface area contributed by atoms with Crippen LogP contribution in [0.5, 0.6) is 0 Å². The quantitative estimate of drug-likeness (QED) is 0.707. The zero-order valence-corrected chi connectivity index (χ0v) is 16.1. The molecule has 0 aromatic rings. The second-order valence-electron chi connectivity index (χ2n) is 9.79. The van der Waals surface area contributed by atoms with Crippen LogP contribution in [0.1, 0.15) is 46.5 Å². The van der Waals surface area contributed by atoms with Gasteiger partial charge in [0, 0.05) is 17.9 Å². The third-order valence-electron chi connectivity index (χ3n) is 8.52. The Morgan fingerprint density at radius 2 is 1.96 bits per heavy atom. The SMILES string of the molecule is CC(CO)[C@H]1C[C@@H](O)C2C3CCC4=CC(=O)C=C[C@]4(C)C3[C@@H](O)C[C@@]21C. The van der Waals surface area contributed by atoms with Crippen LogP contribution >= 0.6 is 0 Å². The molecule has 4 unspecified atom stereocenters. The molecule has 0 amide bonds. The van der Waals surface area contributed by atoms with Gasteiger partial charge in [-0.25, -0.2) is 0 Å². The summed E-state index contributed by atoms with van der Waals surface area (Å²) in [7, 11) is 0. The smallest absolute Gasteiger partial charge is 0.178 e. The average Bonchev–Trinajstić information content (AvgIpc) is 2.85. The van der Waals surface area contributed by atoms with Gasteiger partial charge in [0.25, 0.3) is 0 Å². The predicted molar refractivity (Wildman–Crippen MR) is 99.1 cm³/mol. The Balaban J connectivity index is 1.74. The van der Waals surface area contributed by atoms with Gasteiger partial charge in [-0.3, -0.25) is 4.79 Å². The number of hydrogen-bond donors (Lipinski definition) is 3. The zero-order chi connectivity index (χ0) is 18.9. The number of ketones is 1. The first-order valence-corrected chi connectivity index (χ1v) is 10.1. The van der Waals surface area contributed by atoms with Gasteiger partial charge >= 0.3 is 0 Å². The second-order valence-corrected chi connectivity index (χ2v) is 9.79. The van der Waals surface area contributed by atoms with Crippen LogP contribution in [0.15, 0.2) is 23.8 Å². The van der Waals surface area contributed by atoms with Crippen molar-refractivity contribution in [3.63, 3.8) is 0 Å². The van der Waals surface area contributed by atoms with Gasteiger partial charge in [0.05, 0.1) is 12.2 Å². The minimum absolute atomic E-state index is 0.0442. The molecule has 9 atom stereocenters. The van der Waals surface area contributed by atoms with Crippen LogP contribution < -0.4 is 0 Å². The number of aliphatic hydroxyl groups is 3. The van der Waals surface area contributed by atoms with E-state index in [4.69, 9.17) is 0 Å². The van der Waals surface area contributed by atoms with E-state index in [9.17, 15) is 20.1 Å². The van der Waals surface area contributed by atoms with Crippen LogP contribution in [0, 0.1) is 40.4 Å². The van der Waals surface area contributed by atoms with Crippen molar-refractivity contribution in [1.82, 2.24) is 0 Å². The highest BCUT2D eigenvalue weighted by Gasteiger charge is 2.64. The molecule has 0 radical (unpaired) electrons. The van der Waals surface area contributed by atoms with E-state index in [0.717, 1.165) is 18.4 Å². The van der Waals surface area contributed by atoms with Gasteiger partial charge in [0.2, 0.25) is 0 Å². The molecule has 0 aromatic heterocycles. The summed E-state index contributed by atoms with van der Waals surface area (Å²) in [4.78, 5) is 11.8. The van der Waals surface area contributed by atoms with E-state index >= 15 is 0 Å². The summed E-state index contributed by atoms with van der Waals surface area (Å²) >= 11 is 0. The molecule has 4 aliphatic rings. The van der Waals surface area contributed by atoms with Gasteiger partial charge in [0.1, 0.15) is 0 Å². The van der Waals surface area contributed by atoms with Gasteiger partial charge in [-0.15, -0.1) is 0 Å². The highest BCUT2D eigenvalue weighted by Crippen LogP contribution is 2.66. The van der Waals surface area contributed by atoms with Crippen molar-refractivity contribution in [3.8, 4) is 0 Å². The molecule has 144 valence electrons. The standard InChI is InChI=1S/C22H32O4/c1-12(11-23)16-9-17(25)19-15-5-4-13-8-14(24)6-7-21(13,2)20(15)18(26)10-22(16,19)3/h6-8,12,15-20,23,25-26H,4-5,9-11H2,1-3H3/t12?,15?,16-,17-,18+,19?,20?,21+,22-/m1/s1. The average molecular weight is 360 g/mol. The molecule has 4 nitrogen and oxygen atoms in total. The fourth-order valence-electron chi connectivity index (χ4n) is 7.45. The molecule has 0 spiro atoms. The normalized spacial score (nSPS) is 51.3. The molecule has 3 N–H and O–H groups in total. The Morgan fingerprint density at radius 3 is 2.65 bits per heavy atom. The minimum atomic E-state index is -0.452. The van der Waals surface area contributed by atoms with Crippen molar-refractivity contribution < 1.29 is 20.1 Å². The maximum atomic E-state index is 11.8. The lowest BCUT2D eigenvalue weighted by molar-refractivity contribution is -0.137. The van der Waals surface area contributed by atoms with Crippen LogP contribution in [-0.2, 0) is 4.79 Å². The van der Waals surface area contributed by atoms with Crippen LogP contribution in [0.4, 0.5) is 0 Å². The Kier molecular flexibility index (Phi) is 4.26. The molecule has 4 rings (SSSR count). The molecular formula is C22H32O4. The third kappa shape index (κ3) is 2.35. The lowest BCUT2D eigenvalue weighted by Crippen LogP contribution is -2.57. The molecule has 3 saturated carbocycles. The Bertz CT molecular complexity index is 667. The summed E-state index contributed by atoms with van der Waals surface area (Å²) in [5.41, 5.74) is 0.702. The fourth-order valence-corrected chi connectivity index (χ4v) is 7.45. The van der Waals surface area contributed by atoms with Gasteiger partial charge in [-0.1, -0.05) is 32.4 Å². The van der Waals surface area contributed by atoms with E-state index in [1.165, 1.54) is 0 Å². The van der Waals surface area contributed by atoms with E-state index in [-0.39, 0.29) is 58.9 Å². The number of rotatable bonds is 2. The Morgan fingerprint density at radius 1 is 1.23 bits per heavy atom. The van der Waals surface area contributed by atoms with Crippen molar-refractivity contribution in [2.45, 2.75) is 58.7 Å². The number of carbonyl (C=O) groups is 1. The number of allylic oxidation sites excluding steroid dienone is 4. The number of aliphatic hydroxyl groups excluding tert-OH is 3. The summed E-state index contributed by atoms with van der Waals surface area (Å²) in [6, 6.07) is 0. The summed E-state index contributed by atoms with van der Waals surface area (Å²) in [6.45, 7) is 6.55. The van der Waals surface area contributed by atoms with E-state index in [1.807, 2.05) is 6.08 Å². The monoisotopic (exact) mass is 360 g/mol. The van der Waals surface area contributed by atoms with Crippen molar-refractivity contribution in [2.75, 3.05) is 6.61 Å². The van der Waals surface area contributed by atoms with Gasteiger partial charge < -0.3 is 15.3 Å². The minimum Gasteiger partial charge on any atom is -0.396 e. The summed E-state index contributed by atoms with van der Waals surface area (Å²) in [5.74, 6) is 0.849. The molecular weight excluding hydrogens is 328 g/mol. The summed E-state index contributed by atoms with van der Waals surface area (Å²) in [5, 5.41) is 32.0. The molecule has 26 heavy (non-hydrogen) atoms. The first kappa shape index (κ1) is 18.4. The maximum absolute atomic E-state index is 11.8. The summed E-state index contributed by atoms with van der Waals surface area (Å²) in [6.07, 6.45) is 7.74. The van der Waals surface area contributed by atoms with E-state index in [0.29, 0.717) is 12.8 Å². The van der Waals surface area contributed by atoms with Gasteiger partial charge in [-0.2, -0.15) is 0 Å². The van der Waals surface area contributed by atoms with E-state index in [2.05, 4.69) is 20.8 Å². The molecule has 0 saturated heterocycles. The fraction of sp³-hybridized carbons (Fsp3) is 0.773. The highest BCUT2D eigenvalue weighted by molar-refractivity contribution is 6.01. The molecule has 4 aliphatic carbocycles. The largest absolute Gasteiger partial charge is 0.396 e. The lowest BCUT2D eigenvalue weighted by Gasteiger charge is -2.59. The molecule has 0 aliphatic heterocycles. The zero-order valence-electron chi connectivity index (χ0n) is 16.1. The van der Waals surface area contributed by atoms with Crippen LogP contribution in [-0.4, -0.2) is 39.9 Å². The highest BCUT2D eigenvalue weighted by atomic mass is 16.3. The number of carbonyl (C=O) groups excluding carboxylic acids is 1. The molecule has 0 heterocycles. The molecule has 0 bridgehead atoms. The first-order chi connectivity index (χ1) is 12.2. The van der Waals surface area contributed by atoms with Crippen LogP contribution in [0.2, 0.25) is 0 Å². The van der Waals surface area contributed by atoms with Gasteiger partial charge in [0.15, 0.2) is 5.78 Å². The van der Waals surface area contributed by atoms with E-state index in [1.54, 1.807) is 12.2 Å². The van der Waals surface area contributed by atoms with Crippen LogP contribution in [0.3, 0.4) is 0 Å². The van der Waals surface area contributed by atoms with Crippen molar-refractivity contribution in [1.29, 1.82) is 0 Å². The number of fused-ring (bicyclic) bond motifs is 5. The predicted octanol–water partition coefficient (Wildman–Crippen LogP) is 2.48.